The second kappa shape index (κ2) is 8.60. The van der Waals surface area contributed by atoms with Crippen LogP contribution >= 0.6 is 0 Å². The van der Waals surface area contributed by atoms with Crippen LogP contribution in [0.1, 0.15) is 11.1 Å². The molecule has 3 saturated heterocycles. The van der Waals surface area contributed by atoms with Crippen LogP contribution in [0.3, 0.4) is 0 Å². The Morgan fingerprint density at radius 3 is 2.10 bits per heavy atom. The molecule has 3 heterocycles. The van der Waals surface area contributed by atoms with Crippen LogP contribution in [0.2, 0.25) is 0 Å². The van der Waals surface area contributed by atoms with E-state index in [1.165, 1.54) is 17.0 Å². The summed E-state index contributed by atoms with van der Waals surface area (Å²) in [5.74, 6) is 0.367. The van der Waals surface area contributed by atoms with Gasteiger partial charge in [-0.25, -0.2) is 4.79 Å². The van der Waals surface area contributed by atoms with Gasteiger partial charge < -0.3 is 19.5 Å². The fourth-order valence-corrected chi connectivity index (χ4v) is 4.75. The number of ether oxygens (including phenoxy) is 2. The van der Waals surface area contributed by atoms with E-state index in [9.17, 15) is 18.0 Å². The van der Waals surface area contributed by atoms with Gasteiger partial charge in [-0.1, -0.05) is 6.07 Å². The number of likely N-dealkylation sites (tertiary alicyclic amines) is 2. The van der Waals surface area contributed by atoms with Gasteiger partial charge in [0.2, 0.25) is 0 Å². The number of amides is 1. The molecular weight excluding hydrogens is 403 g/mol. The van der Waals surface area contributed by atoms with Gasteiger partial charge >= 0.3 is 12.5 Å². The van der Waals surface area contributed by atoms with Crippen molar-refractivity contribution in [1.82, 2.24) is 14.7 Å². The Hall–Kier alpha value is -2.04. The smallest absolute Gasteiger partial charge is 0.465 e. The maximum Gasteiger partial charge on any atom is 0.573 e. The first-order valence-corrected chi connectivity index (χ1v) is 10.1. The van der Waals surface area contributed by atoms with E-state index in [1.54, 1.807) is 0 Å². The number of benzene rings is 1. The molecule has 3 aliphatic rings. The monoisotopic (exact) mass is 429 g/mol. The van der Waals surface area contributed by atoms with E-state index in [1.807, 2.05) is 6.07 Å². The van der Waals surface area contributed by atoms with Crippen molar-refractivity contribution in [2.45, 2.75) is 19.5 Å². The number of hydrogen-bond donors (Lipinski definition) is 1. The highest BCUT2D eigenvalue weighted by Crippen LogP contribution is 2.33. The standard InChI is InChI=1S/C20H26F3N3O4/c21-20(22,23)30-18-6-14(8-24-1-3-29-4-2-24)5-15(7-18)9-25-10-16-12-26(19(27)28)13-17(16)11-25/h5-7,16-17H,1-4,8-13H2,(H,27,28). The molecule has 1 aromatic carbocycles. The van der Waals surface area contributed by atoms with Crippen molar-refractivity contribution in [1.29, 1.82) is 0 Å². The Balaban J connectivity index is 1.44. The Labute approximate surface area is 172 Å². The fourth-order valence-electron chi connectivity index (χ4n) is 4.75. The molecule has 1 aromatic rings. The molecule has 0 radical (unpaired) electrons. The highest BCUT2D eigenvalue weighted by Gasteiger charge is 2.41. The zero-order chi connectivity index (χ0) is 21.3. The summed E-state index contributed by atoms with van der Waals surface area (Å²) in [7, 11) is 0. The summed E-state index contributed by atoms with van der Waals surface area (Å²) < 4.78 is 48.0. The van der Waals surface area contributed by atoms with E-state index in [2.05, 4.69) is 14.5 Å². The minimum absolute atomic E-state index is 0.195. The molecule has 0 bridgehead atoms. The SMILES string of the molecule is O=C(O)N1CC2CN(Cc3cc(CN4CCOCC4)cc(OC(F)(F)F)c3)CC2C1. The number of carbonyl (C=O) groups is 1. The largest absolute Gasteiger partial charge is 0.573 e. The van der Waals surface area contributed by atoms with Crippen LogP contribution in [0.4, 0.5) is 18.0 Å². The minimum Gasteiger partial charge on any atom is -0.465 e. The molecule has 7 nitrogen and oxygen atoms in total. The third kappa shape index (κ3) is 5.35. The van der Waals surface area contributed by atoms with Crippen molar-refractivity contribution in [3.05, 3.63) is 29.3 Å². The lowest BCUT2D eigenvalue weighted by molar-refractivity contribution is -0.274. The zero-order valence-electron chi connectivity index (χ0n) is 16.6. The second-order valence-electron chi connectivity index (χ2n) is 8.32. The van der Waals surface area contributed by atoms with Crippen LogP contribution < -0.4 is 4.74 Å². The average Bonchev–Trinajstić information content (AvgIpc) is 3.19. The second-order valence-corrected chi connectivity index (χ2v) is 8.32. The van der Waals surface area contributed by atoms with E-state index >= 15 is 0 Å². The lowest BCUT2D eigenvalue weighted by atomic mass is 10.0. The minimum atomic E-state index is -4.74. The van der Waals surface area contributed by atoms with Crippen LogP contribution in [0.15, 0.2) is 18.2 Å². The molecule has 2 atom stereocenters. The van der Waals surface area contributed by atoms with Crippen molar-refractivity contribution < 1.29 is 32.5 Å². The maximum absolute atomic E-state index is 12.8. The number of fused-ring (bicyclic) bond motifs is 1. The molecule has 0 aromatic heterocycles. The third-order valence-electron chi connectivity index (χ3n) is 6.01. The molecule has 1 amide bonds. The molecule has 10 heteroatoms. The van der Waals surface area contributed by atoms with Crippen molar-refractivity contribution in [2.75, 3.05) is 52.5 Å². The van der Waals surface area contributed by atoms with Gasteiger partial charge in [0.15, 0.2) is 0 Å². The third-order valence-corrected chi connectivity index (χ3v) is 6.01. The number of carboxylic acid groups (broad SMARTS) is 1. The van der Waals surface area contributed by atoms with Crippen molar-refractivity contribution in [3.63, 3.8) is 0 Å². The van der Waals surface area contributed by atoms with Crippen LogP contribution in [-0.2, 0) is 17.8 Å². The molecule has 2 unspecified atom stereocenters. The molecule has 4 rings (SSSR count). The highest BCUT2D eigenvalue weighted by molar-refractivity contribution is 5.65. The van der Waals surface area contributed by atoms with Gasteiger partial charge in [0.1, 0.15) is 5.75 Å². The first-order chi connectivity index (χ1) is 14.2. The van der Waals surface area contributed by atoms with E-state index in [0.29, 0.717) is 39.4 Å². The number of nitrogens with zero attached hydrogens (tertiary/aromatic N) is 3. The van der Waals surface area contributed by atoms with Crippen LogP contribution in [0.5, 0.6) is 5.75 Å². The Kier molecular flexibility index (Phi) is 6.08. The van der Waals surface area contributed by atoms with Crippen LogP contribution in [0, 0.1) is 11.8 Å². The van der Waals surface area contributed by atoms with E-state index in [-0.39, 0.29) is 17.6 Å². The molecule has 0 aliphatic carbocycles. The van der Waals surface area contributed by atoms with Crippen molar-refractivity contribution >= 4 is 6.09 Å². The lowest BCUT2D eigenvalue weighted by Gasteiger charge is -2.27. The van der Waals surface area contributed by atoms with Gasteiger partial charge in [-0.15, -0.1) is 13.2 Å². The van der Waals surface area contributed by atoms with Crippen molar-refractivity contribution in [3.8, 4) is 5.75 Å². The Bertz CT molecular complexity index is 756. The summed E-state index contributed by atoms with van der Waals surface area (Å²) in [4.78, 5) is 16.9. The summed E-state index contributed by atoms with van der Waals surface area (Å²) in [5.41, 5.74) is 1.56. The molecular formula is C20H26F3N3O4. The van der Waals surface area contributed by atoms with E-state index in [0.717, 1.165) is 37.3 Å². The van der Waals surface area contributed by atoms with Gasteiger partial charge in [0.05, 0.1) is 13.2 Å². The molecule has 0 spiro atoms. The van der Waals surface area contributed by atoms with Crippen LogP contribution in [0.25, 0.3) is 0 Å². The zero-order valence-corrected chi connectivity index (χ0v) is 16.6. The van der Waals surface area contributed by atoms with Crippen LogP contribution in [-0.4, -0.2) is 84.7 Å². The quantitative estimate of drug-likeness (QED) is 0.776. The number of rotatable bonds is 5. The molecule has 166 valence electrons. The average molecular weight is 429 g/mol. The number of alkyl halides is 3. The predicted octanol–water partition coefficient (Wildman–Crippen LogP) is 2.46. The van der Waals surface area contributed by atoms with E-state index in [4.69, 9.17) is 9.84 Å². The van der Waals surface area contributed by atoms with Gasteiger partial charge in [-0.3, -0.25) is 9.80 Å². The Morgan fingerprint density at radius 2 is 1.57 bits per heavy atom. The normalized spacial score (nSPS) is 25.5. The summed E-state index contributed by atoms with van der Waals surface area (Å²) in [5, 5.41) is 9.15. The first-order valence-electron chi connectivity index (χ1n) is 10.1. The van der Waals surface area contributed by atoms with Gasteiger partial charge in [-0.05, 0) is 35.1 Å². The number of hydrogen-bond acceptors (Lipinski definition) is 5. The number of morpholine rings is 1. The molecule has 0 saturated carbocycles. The number of halogens is 3. The molecule has 3 fully saturated rings. The van der Waals surface area contributed by atoms with Crippen molar-refractivity contribution in [2.24, 2.45) is 11.8 Å². The van der Waals surface area contributed by atoms with Gasteiger partial charge in [0, 0.05) is 52.4 Å². The fraction of sp³-hybridized carbons (Fsp3) is 0.650. The molecule has 1 N–H and O–H groups in total. The first kappa shape index (κ1) is 21.2. The van der Waals surface area contributed by atoms with E-state index < -0.39 is 12.5 Å². The Morgan fingerprint density at radius 1 is 1.00 bits per heavy atom. The summed E-state index contributed by atoms with van der Waals surface area (Å²) in [6.07, 6.45) is -5.62. The molecule has 30 heavy (non-hydrogen) atoms. The topological polar surface area (TPSA) is 65.5 Å². The lowest BCUT2D eigenvalue weighted by Crippen LogP contribution is -2.35. The molecule has 3 aliphatic heterocycles. The summed E-state index contributed by atoms with van der Waals surface area (Å²) in [6.45, 7) is 6.34. The summed E-state index contributed by atoms with van der Waals surface area (Å²) in [6, 6.07) is 4.85. The highest BCUT2D eigenvalue weighted by atomic mass is 19.4. The predicted molar refractivity (Wildman–Crippen MR) is 101 cm³/mol. The summed E-state index contributed by atoms with van der Waals surface area (Å²) >= 11 is 0. The van der Waals surface area contributed by atoms with Gasteiger partial charge in [-0.2, -0.15) is 0 Å². The van der Waals surface area contributed by atoms with Gasteiger partial charge in [0.25, 0.3) is 0 Å². The maximum atomic E-state index is 12.8.